The zero-order valence-electron chi connectivity index (χ0n) is 14.8. The van der Waals surface area contributed by atoms with Crippen LogP contribution in [-0.4, -0.2) is 18.7 Å². The van der Waals surface area contributed by atoms with Crippen LogP contribution in [0.25, 0.3) is 0 Å². The van der Waals surface area contributed by atoms with Crippen molar-refractivity contribution in [1.29, 1.82) is 0 Å². The van der Waals surface area contributed by atoms with Crippen LogP contribution in [0.4, 0.5) is 13.2 Å². The summed E-state index contributed by atoms with van der Waals surface area (Å²) < 4.78 is 54.7. The van der Waals surface area contributed by atoms with E-state index in [0.29, 0.717) is 24.5 Å². The summed E-state index contributed by atoms with van der Waals surface area (Å²) in [6, 6.07) is 8.16. The highest BCUT2D eigenvalue weighted by Crippen LogP contribution is 2.60. The summed E-state index contributed by atoms with van der Waals surface area (Å²) in [5, 5.41) is -0.131. The second-order valence-corrected chi connectivity index (χ2v) is 7.13. The molecule has 28 heavy (non-hydrogen) atoms. The highest BCUT2D eigenvalue weighted by Gasteiger charge is 2.59. The summed E-state index contributed by atoms with van der Waals surface area (Å²) in [4.78, 5) is 11.6. The van der Waals surface area contributed by atoms with Gasteiger partial charge < -0.3 is 14.2 Å². The minimum absolute atomic E-state index is 0.0516. The second kappa shape index (κ2) is 6.88. The van der Waals surface area contributed by atoms with Crippen LogP contribution in [-0.2, 0) is 15.7 Å². The molecule has 0 N–H and O–H groups in total. The number of hydrogen-bond donors (Lipinski definition) is 0. The number of carbonyl (C=O) groups is 1. The van der Waals surface area contributed by atoms with E-state index in [1.165, 1.54) is 6.07 Å². The van der Waals surface area contributed by atoms with Gasteiger partial charge in [0.2, 0.25) is 0 Å². The number of halogens is 4. The number of benzene rings is 2. The maximum absolute atomic E-state index is 12.7. The Morgan fingerprint density at radius 2 is 2.00 bits per heavy atom. The quantitative estimate of drug-likeness (QED) is 0.601. The molecule has 4 nitrogen and oxygen atoms in total. The van der Waals surface area contributed by atoms with Crippen LogP contribution in [0.5, 0.6) is 17.2 Å². The Hall–Kier alpha value is -2.41. The van der Waals surface area contributed by atoms with E-state index in [-0.39, 0.29) is 34.7 Å². The summed E-state index contributed by atoms with van der Waals surface area (Å²) >= 11 is 5.93. The van der Waals surface area contributed by atoms with Crippen molar-refractivity contribution in [2.24, 2.45) is 5.92 Å². The molecule has 0 amide bonds. The van der Waals surface area contributed by atoms with E-state index in [1.807, 2.05) is 6.07 Å². The minimum atomic E-state index is -4.47. The van der Waals surface area contributed by atoms with Crippen molar-refractivity contribution < 1.29 is 32.2 Å². The molecule has 1 saturated carbocycles. The fourth-order valence-corrected chi connectivity index (χ4v) is 3.77. The molecule has 0 saturated heterocycles. The SMILES string of the molecule is CCOC(=O)C[C@@H]1[C@H]2Oc3cc(Oc4ccc(C(F)(F)F)cc4Cl)ccc3[C@H]12. The predicted molar refractivity (Wildman–Crippen MR) is 94.9 cm³/mol. The Balaban J connectivity index is 1.45. The molecule has 0 spiro atoms. The smallest absolute Gasteiger partial charge is 0.416 e. The molecule has 2 aliphatic rings. The molecule has 2 aromatic rings. The van der Waals surface area contributed by atoms with E-state index in [1.54, 1.807) is 19.1 Å². The van der Waals surface area contributed by atoms with Crippen LogP contribution in [0.2, 0.25) is 5.02 Å². The maximum atomic E-state index is 12.7. The zero-order valence-corrected chi connectivity index (χ0v) is 15.5. The average molecular weight is 413 g/mol. The molecule has 0 bridgehead atoms. The van der Waals surface area contributed by atoms with Gasteiger partial charge in [-0.05, 0) is 31.2 Å². The van der Waals surface area contributed by atoms with Crippen LogP contribution >= 0.6 is 11.6 Å². The van der Waals surface area contributed by atoms with Crippen LogP contribution < -0.4 is 9.47 Å². The Morgan fingerprint density at radius 1 is 1.21 bits per heavy atom. The topological polar surface area (TPSA) is 44.8 Å². The number of esters is 1. The summed E-state index contributed by atoms with van der Waals surface area (Å²) in [5.41, 5.74) is 0.153. The van der Waals surface area contributed by atoms with E-state index >= 15 is 0 Å². The van der Waals surface area contributed by atoms with Gasteiger partial charge in [0.1, 0.15) is 23.4 Å². The highest BCUT2D eigenvalue weighted by molar-refractivity contribution is 6.32. The van der Waals surface area contributed by atoms with Gasteiger partial charge in [0, 0.05) is 23.5 Å². The first kappa shape index (κ1) is 18.9. The average Bonchev–Trinajstić information content (AvgIpc) is 3.12. The number of ether oxygens (including phenoxy) is 3. The second-order valence-electron chi connectivity index (χ2n) is 6.73. The summed E-state index contributed by atoms with van der Waals surface area (Å²) in [6.45, 7) is 2.12. The fourth-order valence-electron chi connectivity index (χ4n) is 3.56. The minimum Gasteiger partial charge on any atom is -0.489 e. The van der Waals surface area contributed by atoms with Gasteiger partial charge in [-0.25, -0.2) is 0 Å². The number of rotatable bonds is 5. The molecule has 1 aliphatic heterocycles. The first-order valence-electron chi connectivity index (χ1n) is 8.78. The summed E-state index contributed by atoms with van der Waals surface area (Å²) in [7, 11) is 0. The fraction of sp³-hybridized carbons (Fsp3) is 0.350. The van der Waals surface area contributed by atoms with E-state index in [0.717, 1.165) is 17.7 Å². The van der Waals surface area contributed by atoms with Crippen molar-refractivity contribution in [2.45, 2.75) is 31.5 Å². The molecule has 8 heteroatoms. The summed E-state index contributed by atoms with van der Waals surface area (Å²) in [6.07, 6.45) is -4.20. The van der Waals surface area contributed by atoms with Crippen molar-refractivity contribution in [2.75, 3.05) is 6.61 Å². The van der Waals surface area contributed by atoms with Gasteiger partial charge in [-0.15, -0.1) is 0 Å². The molecular formula is C20H16ClF3O4. The molecular weight excluding hydrogens is 397 g/mol. The molecule has 1 heterocycles. The van der Waals surface area contributed by atoms with Crippen molar-refractivity contribution in [3.63, 3.8) is 0 Å². The number of carbonyl (C=O) groups excluding carboxylic acids is 1. The third-order valence-electron chi connectivity index (χ3n) is 4.90. The van der Waals surface area contributed by atoms with Gasteiger partial charge in [-0.2, -0.15) is 13.2 Å². The van der Waals surface area contributed by atoms with Crippen molar-refractivity contribution >= 4 is 17.6 Å². The van der Waals surface area contributed by atoms with Gasteiger partial charge in [0.25, 0.3) is 0 Å². The third-order valence-corrected chi connectivity index (χ3v) is 5.19. The first-order valence-corrected chi connectivity index (χ1v) is 9.16. The third kappa shape index (κ3) is 3.51. The molecule has 0 radical (unpaired) electrons. The monoisotopic (exact) mass is 412 g/mol. The largest absolute Gasteiger partial charge is 0.489 e. The lowest BCUT2D eigenvalue weighted by Gasteiger charge is -2.13. The van der Waals surface area contributed by atoms with Crippen molar-refractivity contribution in [1.82, 2.24) is 0 Å². The molecule has 148 valence electrons. The Kier molecular flexibility index (Phi) is 4.65. The van der Waals surface area contributed by atoms with Crippen LogP contribution in [0.3, 0.4) is 0 Å². The first-order chi connectivity index (χ1) is 13.3. The predicted octanol–water partition coefficient (Wildman–Crippen LogP) is 5.58. The molecule has 0 unspecified atom stereocenters. The van der Waals surface area contributed by atoms with Crippen molar-refractivity contribution in [3.05, 3.63) is 52.5 Å². The lowest BCUT2D eigenvalue weighted by molar-refractivity contribution is -0.143. The Bertz CT molecular complexity index is 928. The van der Waals surface area contributed by atoms with Gasteiger partial charge in [-0.1, -0.05) is 17.7 Å². The molecule has 1 aliphatic carbocycles. The van der Waals surface area contributed by atoms with E-state index in [2.05, 4.69) is 0 Å². The molecule has 3 atom stereocenters. The number of fused-ring (bicyclic) bond motifs is 3. The number of alkyl halides is 3. The standard InChI is InChI=1S/C20H16ClF3O4/c1-2-26-17(25)9-13-18-12-5-4-11(8-16(12)28-19(13)18)27-15-6-3-10(7-14(15)21)20(22,23)24/h3-8,13,18-19H,2,9H2,1H3/t13-,18+,19+/m0/s1. The lowest BCUT2D eigenvalue weighted by atomic mass is 10.1. The molecule has 2 aromatic carbocycles. The van der Waals surface area contributed by atoms with Gasteiger partial charge >= 0.3 is 12.1 Å². The van der Waals surface area contributed by atoms with Gasteiger partial charge in [0.05, 0.1) is 23.6 Å². The lowest BCUT2D eigenvalue weighted by Crippen LogP contribution is -2.09. The summed E-state index contributed by atoms with van der Waals surface area (Å²) in [5.74, 6) is 1.21. The van der Waals surface area contributed by atoms with Crippen LogP contribution in [0, 0.1) is 5.92 Å². The van der Waals surface area contributed by atoms with E-state index in [9.17, 15) is 18.0 Å². The normalized spacial score (nSPS) is 22.1. The van der Waals surface area contributed by atoms with Crippen LogP contribution in [0.1, 0.15) is 30.4 Å². The Morgan fingerprint density at radius 3 is 2.68 bits per heavy atom. The van der Waals surface area contributed by atoms with Crippen LogP contribution in [0.15, 0.2) is 36.4 Å². The molecule has 0 aromatic heterocycles. The van der Waals surface area contributed by atoms with Crippen molar-refractivity contribution in [3.8, 4) is 17.2 Å². The molecule has 1 fully saturated rings. The van der Waals surface area contributed by atoms with Gasteiger partial charge in [-0.3, -0.25) is 4.79 Å². The zero-order chi connectivity index (χ0) is 20.1. The van der Waals surface area contributed by atoms with E-state index < -0.39 is 11.7 Å². The van der Waals surface area contributed by atoms with Gasteiger partial charge in [0.15, 0.2) is 0 Å². The molecule has 4 rings (SSSR count). The Labute approximate surface area is 164 Å². The number of hydrogen-bond acceptors (Lipinski definition) is 4. The highest BCUT2D eigenvalue weighted by atomic mass is 35.5. The maximum Gasteiger partial charge on any atom is 0.416 e. The van der Waals surface area contributed by atoms with E-state index in [4.69, 9.17) is 25.8 Å².